The molecule has 15 unspecified atom stereocenters. The number of nitrogens with zero attached hydrogens (tertiary/aromatic N) is 1. The Kier molecular flexibility index (Phi) is 29.4. The van der Waals surface area contributed by atoms with Crippen LogP contribution in [0.15, 0.2) is 219 Å². The molecular formula is C88H99NO22. The van der Waals surface area contributed by atoms with Gasteiger partial charge in [0.25, 0.3) is 11.8 Å². The Labute approximate surface area is 647 Å². The van der Waals surface area contributed by atoms with Crippen LogP contribution in [0.1, 0.15) is 133 Å². The Bertz CT molecular complexity index is 4120. The molecule has 0 N–H and O–H groups in total. The molecule has 3 saturated heterocycles. The van der Waals surface area contributed by atoms with E-state index in [1.165, 1.54) is 31.2 Å². The highest BCUT2D eigenvalue weighted by molar-refractivity contribution is 6.21. The number of rotatable bonds is 36. The maximum Gasteiger partial charge on any atom is 0.338 e. The van der Waals surface area contributed by atoms with Gasteiger partial charge in [0, 0.05) is 6.42 Å². The van der Waals surface area contributed by atoms with E-state index in [4.69, 9.17) is 71.1 Å². The van der Waals surface area contributed by atoms with E-state index in [1.807, 2.05) is 152 Å². The van der Waals surface area contributed by atoms with Crippen LogP contribution >= 0.6 is 0 Å². The molecule has 23 heteroatoms. The summed E-state index contributed by atoms with van der Waals surface area (Å²) in [6, 6.07) is 58.6. The van der Waals surface area contributed by atoms with Gasteiger partial charge in [-0.1, -0.05) is 188 Å². The number of esters is 4. The average molecular weight is 1520 g/mol. The van der Waals surface area contributed by atoms with Gasteiger partial charge >= 0.3 is 23.9 Å². The fourth-order valence-electron chi connectivity index (χ4n) is 13.1. The first-order valence-corrected chi connectivity index (χ1v) is 37.6. The van der Waals surface area contributed by atoms with Crippen LogP contribution in [0, 0.1) is 10.8 Å². The highest BCUT2D eigenvalue weighted by Gasteiger charge is 2.62. The first-order chi connectivity index (χ1) is 53.6. The van der Waals surface area contributed by atoms with E-state index in [9.17, 15) is 14.4 Å². The van der Waals surface area contributed by atoms with Crippen LogP contribution in [0.3, 0.4) is 0 Å². The molecule has 588 valence electrons. The molecule has 11 rings (SSSR count). The number of ether oxygens (including phenoxy) is 15. The van der Waals surface area contributed by atoms with E-state index in [2.05, 4.69) is 6.58 Å². The number of allylic oxidation sites excluding steroid dienone is 1. The van der Waals surface area contributed by atoms with Gasteiger partial charge in [0.15, 0.2) is 43.3 Å². The van der Waals surface area contributed by atoms with Crippen LogP contribution in [0.5, 0.6) is 0 Å². The summed E-state index contributed by atoms with van der Waals surface area (Å²) in [7, 11) is 0. The predicted octanol–water partition coefficient (Wildman–Crippen LogP) is 12.8. The molecule has 23 nitrogen and oxygen atoms in total. The second kappa shape index (κ2) is 39.6. The van der Waals surface area contributed by atoms with Crippen LogP contribution in [0.25, 0.3) is 0 Å². The molecule has 0 aromatic heterocycles. The van der Waals surface area contributed by atoms with Crippen molar-refractivity contribution in [3.05, 3.63) is 263 Å². The first kappa shape index (κ1) is 82.5. The zero-order valence-electron chi connectivity index (χ0n) is 63.7. The molecule has 0 aliphatic carbocycles. The predicted molar refractivity (Wildman–Crippen MR) is 404 cm³/mol. The lowest BCUT2D eigenvalue weighted by Crippen LogP contribution is -2.71. The van der Waals surface area contributed by atoms with E-state index < -0.39 is 152 Å². The molecule has 3 fully saturated rings. The van der Waals surface area contributed by atoms with Crippen LogP contribution < -0.4 is 0 Å². The molecule has 15 atom stereocenters. The van der Waals surface area contributed by atoms with Gasteiger partial charge in [-0.2, -0.15) is 0 Å². The van der Waals surface area contributed by atoms with Gasteiger partial charge in [-0.15, -0.1) is 6.58 Å². The van der Waals surface area contributed by atoms with Gasteiger partial charge in [0.1, 0.15) is 54.6 Å². The molecule has 7 aromatic rings. The summed E-state index contributed by atoms with van der Waals surface area (Å²) in [5, 5.41) is 0. The highest BCUT2D eigenvalue weighted by Crippen LogP contribution is 2.42. The third kappa shape index (κ3) is 22.4. The van der Waals surface area contributed by atoms with Crippen molar-refractivity contribution in [2.75, 3.05) is 26.4 Å². The number of Topliss-reactive ketones (excluding diaryl/α,β-unsaturated/α-hetero) is 1. The molecular weight excluding hydrogens is 1420 g/mol. The molecule has 0 bridgehead atoms. The van der Waals surface area contributed by atoms with Crippen molar-refractivity contribution in [2.24, 2.45) is 10.8 Å². The Morgan fingerprint density at radius 1 is 0.414 bits per heavy atom. The Morgan fingerprint density at radius 2 is 0.811 bits per heavy atom. The summed E-state index contributed by atoms with van der Waals surface area (Å²) >= 11 is 0. The van der Waals surface area contributed by atoms with Crippen LogP contribution in [-0.2, 0) is 123 Å². The van der Waals surface area contributed by atoms with E-state index in [-0.39, 0.29) is 81.7 Å². The number of carbonyl (C=O) groups excluding carboxylic acids is 7. The van der Waals surface area contributed by atoms with Crippen molar-refractivity contribution in [1.82, 2.24) is 4.90 Å². The molecule has 0 radical (unpaired) electrons. The molecule has 0 saturated carbocycles. The van der Waals surface area contributed by atoms with E-state index >= 15 is 19.2 Å². The fraction of sp³-hybridized carbons (Fsp3) is 0.420. The van der Waals surface area contributed by atoms with Gasteiger partial charge in [-0.25, -0.2) is 4.79 Å². The average Bonchev–Trinajstić information content (AvgIpc) is 1.72. The van der Waals surface area contributed by atoms with Crippen LogP contribution in [0.2, 0.25) is 0 Å². The van der Waals surface area contributed by atoms with Crippen molar-refractivity contribution >= 4 is 41.5 Å². The SMILES string of the molecule is C=CCCCOC1OC(COCc2ccccc2)C(OC2OC(COCc3ccccc3)C(OCc3ccccc3)C(OC3OC(COCc4ccccc4)C(OC(=O)CCC(C)=O)C(OC(=O)c4ccccc4)C3N3C(=O)c4ccccc4C3=O)C2OC(=O)C(C)(C)C)C(OCc2ccccc2)C1OC(=O)C(C)(C)C. The number of ketones is 1. The largest absolute Gasteiger partial charge is 0.455 e. The number of hydrogen-bond donors (Lipinski definition) is 0. The first-order valence-electron chi connectivity index (χ1n) is 37.6. The number of unbranched alkanes of at least 4 members (excludes halogenated alkanes) is 1. The van der Waals surface area contributed by atoms with Gasteiger partial charge < -0.3 is 75.8 Å². The maximum atomic E-state index is 15.6. The normalized spacial score (nSPS) is 24.6. The van der Waals surface area contributed by atoms with E-state index in [0.29, 0.717) is 18.4 Å². The van der Waals surface area contributed by atoms with Crippen molar-refractivity contribution in [2.45, 2.75) is 199 Å². The molecule has 2 amide bonds. The third-order valence-electron chi connectivity index (χ3n) is 19.0. The molecule has 0 spiro atoms. The van der Waals surface area contributed by atoms with Gasteiger partial charge in [0.2, 0.25) is 0 Å². The smallest absolute Gasteiger partial charge is 0.338 e. The second-order valence-corrected chi connectivity index (χ2v) is 29.8. The number of hydrogen-bond acceptors (Lipinski definition) is 22. The standard InChI is InChI=1S/C88H99NO22/c1-9-10-31-48-100-83-77(110-85(95)87(3,4)5)75(102-53-62-40-25-15-26-41-62)73(68(104-83)56-99-51-60-36-21-13-22-37-60)108-84-78(111-86(96)88(6,7)8)76(71(101-52-61-38-23-14-24-39-61)66(105-84)54-97-49-58-32-17-11-18-33-58)109-82-70(89-79(92)64-44-29-30-45-65(64)80(89)93)74(107-81(94)63-42-27-16-28-43-63)72(106-69(91)47-46-57(2)90)67(103-82)55-98-50-59-34-19-12-20-35-59/h9,11-30,32-45,66-68,70-78,82-84H,1,10,31,46-56H2,2-8H3. The lowest BCUT2D eigenvalue weighted by Gasteiger charge is -2.52. The Hall–Kier alpha value is -9.47. The van der Waals surface area contributed by atoms with E-state index in [0.717, 1.165) is 27.2 Å². The summed E-state index contributed by atoms with van der Waals surface area (Å²) in [5.74, 6) is -5.45. The Morgan fingerprint density at radius 3 is 1.27 bits per heavy atom. The van der Waals surface area contributed by atoms with Crippen molar-refractivity contribution in [3.8, 4) is 0 Å². The lowest BCUT2D eigenvalue weighted by molar-refractivity contribution is -0.384. The quantitative estimate of drug-likeness (QED) is 0.0116. The number of amides is 2. The van der Waals surface area contributed by atoms with Crippen molar-refractivity contribution in [1.29, 1.82) is 0 Å². The van der Waals surface area contributed by atoms with Gasteiger partial charge in [-0.05, 0) is 113 Å². The number of fused-ring (bicyclic) bond motifs is 1. The summed E-state index contributed by atoms with van der Waals surface area (Å²) in [5.41, 5.74) is 1.29. The van der Waals surface area contributed by atoms with Crippen LogP contribution in [-0.4, -0.2) is 165 Å². The number of benzene rings is 7. The minimum Gasteiger partial charge on any atom is -0.455 e. The van der Waals surface area contributed by atoms with Crippen molar-refractivity contribution in [3.63, 3.8) is 0 Å². The zero-order chi connectivity index (χ0) is 78.4. The summed E-state index contributed by atoms with van der Waals surface area (Å²) in [4.78, 5) is 105. The fourth-order valence-corrected chi connectivity index (χ4v) is 13.1. The summed E-state index contributed by atoms with van der Waals surface area (Å²) in [6.45, 7) is 14.3. The third-order valence-corrected chi connectivity index (χ3v) is 19.0. The monoisotopic (exact) mass is 1520 g/mol. The molecule has 4 aliphatic heterocycles. The highest BCUT2D eigenvalue weighted by atomic mass is 16.8. The lowest BCUT2D eigenvalue weighted by atomic mass is 9.92. The molecule has 4 aliphatic rings. The Balaban J connectivity index is 1.12. The minimum absolute atomic E-state index is 0.0231. The van der Waals surface area contributed by atoms with Crippen molar-refractivity contribution < 1.29 is 105 Å². The van der Waals surface area contributed by atoms with Gasteiger partial charge in [-0.3, -0.25) is 28.9 Å². The number of carbonyl (C=O) groups is 7. The zero-order valence-corrected chi connectivity index (χ0v) is 63.7. The second-order valence-electron chi connectivity index (χ2n) is 29.8. The topological polar surface area (TPSA) is 261 Å². The van der Waals surface area contributed by atoms with E-state index in [1.54, 1.807) is 78.0 Å². The summed E-state index contributed by atoms with van der Waals surface area (Å²) in [6.07, 6.45) is -20.1. The number of imide groups is 1. The van der Waals surface area contributed by atoms with Crippen LogP contribution in [0.4, 0.5) is 0 Å². The minimum atomic E-state index is -2.04. The molecule has 7 aromatic carbocycles. The van der Waals surface area contributed by atoms with Gasteiger partial charge in [0.05, 0.1) is 93.4 Å². The maximum absolute atomic E-state index is 15.6. The summed E-state index contributed by atoms with van der Waals surface area (Å²) < 4.78 is 104. The molecule has 111 heavy (non-hydrogen) atoms. The molecule has 4 heterocycles.